The quantitative estimate of drug-likeness (QED) is 0.533. The Kier molecular flexibility index (Phi) is 7.61. The molecule has 2 aromatic carbocycles. The fourth-order valence-corrected chi connectivity index (χ4v) is 3.10. The van der Waals surface area contributed by atoms with Crippen molar-refractivity contribution in [3.63, 3.8) is 0 Å². The normalized spacial score (nSPS) is 15.8. The van der Waals surface area contributed by atoms with Gasteiger partial charge in [-0.3, -0.25) is 10.1 Å². The molecule has 3 rings (SSSR count). The van der Waals surface area contributed by atoms with E-state index < -0.39 is 0 Å². The smallest absolute Gasteiger partial charge is 0.250 e. The molecule has 0 radical (unpaired) electrons. The van der Waals surface area contributed by atoms with Crippen LogP contribution in [-0.4, -0.2) is 37.4 Å². The van der Waals surface area contributed by atoms with Crippen molar-refractivity contribution in [2.75, 3.05) is 25.6 Å². The second kappa shape index (κ2) is 10.6. The molecule has 1 heterocycles. The topological polar surface area (TPSA) is 68.8 Å². The van der Waals surface area contributed by atoms with E-state index in [4.69, 9.17) is 26.4 Å². The number of carbonyl (C=O) groups is 1. The number of rotatable bonds is 7. The van der Waals surface area contributed by atoms with Gasteiger partial charge in [-0.2, -0.15) is 0 Å². The molecule has 0 aromatic heterocycles. The van der Waals surface area contributed by atoms with Gasteiger partial charge in [0.25, 0.3) is 0 Å². The van der Waals surface area contributed by atoms with Gasteiger partial charge < -0.3 is 19.5 Å². The van der Waals surface area contributed by atoms with Gasteiger partial charge in [-0.25, -0.2) is 0 Å². The summed E-state index contributed by atoms with van der Waals surface area (Å²) in [4.78, 5) is 12.1. The Morgan fingerprint density at radius 3 is 2.76 bits per heavy atom. The molecule has 0 saturated carbocycles. The lowest BCUT2D eigenvalue weighted by Crippen LogP contribution is -2.32. The lowest BCUT2D eigenvalue weighted by molar-refractivity contribution is -0.115. The number of hydrogen-bond acceptors (Lipinski definition) is 5. The van der Waals surface area contributed by atoms with Gasteiger partial charge in [0.05, 0.1) is 13.2 Å². The summed E-state index contributed by atoms with van der Waals surface area (Å²) in [6.45, 7) is 1.37. The summed E-state index contributed by atoms with van der Waals surface area (Å²) in [7, 11) is 1.59. The first-order valence-electron chi connectivity index (χ1n) is 9.41. The molecule has 1 atom stereocenters. The largest absolute Gasteiger partial charge is 0.496 e. The van der Waals surface area contributed by atoms with Crippen molar-refractivity contribution < 1.29 is 19.0 Å². The number of ether oxygens (including phenoxy) is 3. The van der Waals surface area contributed by atoms with Crippen LogP contribution >= 0.6 is 12.2 Å². The molecular formula is C22H24N2O4S. The van der Waals surface area contributed by atoms with Crippen LogP contribution in [0.4, 0.5) is 5.69 Å². The van der Waals surface area contributed by atoms with E-state index in [1.807, 2.05) is 48.5 Å². The van der Waals surface area contributed by atoms with Gasteiger partial charge >= 0.3 is 0 Å². The zero-order valence-electron chi connectivity index (χ0n) is 16.2. The van der Waals surface area contributed by atoms with Crippen molar-refractivity contribution in [1.29, 1.82) is 0 Å². The average Bonchev–Trinajstić information content (AvgIpc) is 3.25. The van der Waals surface area contributed by atoms with E-state index in [1.54, 1.807) is 13.2 Å². The monoisotopic (exact) mass is 412 g/mol. The van der Waals surface area contributed by atoms with E-state index in [-0.39, 0.29) is 17.1 Å². The zero-order valence-corrected chi connectivity index (χ0v) is 17.0. The van der Waals surface area contributed by atoms with Crippen molar-refractivity contribution in [3.05, 3.63) is 60.2 Å². The molecule has 7 heteroatoms. The summed E-state index contributed by atoms with van der Waals surface area (Å²) < 4.78 is 16.5. The number of carbonyl (C=O) groups excluding carboxylic acids is 1. The molecule has 1 saturated heterocycles. The molecular weight excluding hydrogens is 388 g/mol. The Balaban J connectivity index is 1.45. The van der Waals surface area contributed by atoms with Crippen molar-refractivity contribution in [1.82, 2.24) is 5.32 Å². The predicted molar refractivity (Wildman–Crippen MR) is 117 cm³/mol. The van der Waals surface area contributed by atoms with Crippen molar-refractivity contribution >= 4 is 35.0 Å². The Bertz CT molecular complexity index is 861. The molecule has 152 valence electrons. The van der Waals surface area contributed by atoms with Crippen molar-refractivity contribution in [2.24, 2.45) is 0 Å². The Morgan fingerprint density at radius 1 is 1.24 bits per heavy atom. The third-order valence-electron chi connectivity index (χ3n) is 4.36. The predicted octanol–water partition coefficient (Wildman–Crippen LogP) is 3.78. The minimum atomic E-state index is -0.329. The number of amides is 1. The Labute approximate surface area is 175 Å². The Hall–Kier alpha value is -2.90. The first-order chi connectivity index (χ1) is 14.1. The number of hydrogen-bond donors (Lipinski definition) is 2. The molecule has 29 heavy (non-hydrogen) atoms. The molecule has 1 unspecified atom stereocenters. The molecule has 1 aliphatic rings. The summed E-state index contributed by atoms with van der Waals surface area (Å²) in [6, 6.07) is 14.8. The highest BCUT2D eigenvalue weighted by Crippen LogP contribution is 2.19. The van der Waals surface area contributed by atoms with Crippen LogP contribution in [0.3, 0.4) is 0 Å². The van der Waals surface area contributed by atoms with Crippen LogP contribution < -0.4 is 20.1 Å². The minimum absolute atomic E-state index is 0.180. The minimum Gasteiger partial charge on any atom is -0.496 e. The maximum Gasteiger partial charge on any atom is 0.250 e. The maximum absolute atomic E-state index is 12.1. The van der Waals surface area contributed by atoms with Gasteiger partial charge in [-0.1, -0.05) is 18.2 Å². The van der Waals surface area contributed by atoms with E-state index in [0.29, 0.717) is 12.4 Å². The fourth-order valence-electron chi connectivity index (χ4n) is 2.88. The third kappa shape index (κ3) is 6.58. The number of benzene rings is 2. The second-order valence-electron chi connectivity index (χ2n) is 6.49. The van der Waals surface area contributed by atoms with E-state index in [1.165, 1.54) is 6.08 Å². The number of anilines is 1. The molecule has 2 aromatic rings. The summed E-state index contributed by atoms with van der Waals surface area (Å²) in [6.07, 6.45) is 5.40. The van der Waals surface area contributed by atoms with Crippen LogP contribution in [0.2, 0.25) is 0 Å². The molecule has 1 aliphatic heterocycles. The van der Waals surface area contributed by atoms with Gasteiger partial charge in [-0.05, 0) is 61.5 Å². The van der Waals surface area contributed by atoms with Crippen LogP contribution in [0.25, 0.3) is 6.08 Å². The van der Waals surface area contributed by atoms with Crippen LogP contribution in [0.15, 0.2) is 54.6 Å². The lowest BCUT2D eigenvalue weighted by Gasteiger charge is -2.12. The summed E-state index contributed by atoms with van der Waals surface area (Å²) >= 11 is 5.20. The number of para-hydroxylation sites is 1. The maximum atomic E-state index is 12.1. The van der Waals surface area contributed by atoms with E-state index >= 15 is 0 Å². The molecule has 0 bridgehead atoms. The number of nitrogens with one attached hydrogen (secondary N) is 2. The number of methoxy groups -OCH3 is 1. The standard InChI is InChI=1S/C22H24N2O4S/c1-26-20-7-3-2-5-16(20)8-13-21(25)24-22(29)23-17-9-11-18(12-10-17)28-15-19-6-4-14-27-19/h2-3,5,7-13,19H,4,6,14-15H2,1H3,(H2,23,24,25,29)/b13-8+. The molecule has 0 aliphatic carbocycles. The van der Waals surface area contributed by atoms with Gasteiger partial charge in [0.2, 0.25) is 5.91 Å². The van der Waals surface area contributed by atoms with Crippen LogP contribution in [0.5, 0.6) is 11.5 Å². The molecule has 0 spiro atoms. The van der Waals surface area contributed by atoms with Gasteiger partial charge in [0, 0.05) is 23.9 Å². The number of thiocarbonyl (C=S) groups is 1. The molecule has 1 amide bonds. The van der Waals surface area contributed by atoms with Crippen LogP contribution in [-0.2, 0) is 9.53 Å². The first-order valence-corrected chi connectivity index (χ1v) is 9.82. The van der Waals surface area contributed by atoms with E-state index in [2.05, 4.69) is 10.6 Å². The summed E-state index contributed by atoms with van der Waals surface area (Å²) in [5.74, 6) is 1.13. The Morgan fingerprint density at radius 2 is 2.03 bits per heavy atom. The summed E-state index contributed by atoms with van der Waals surface area (Å²) in [5, 5.41) is 5.81. The molecule has 1 fully saturated rings. The fraction of sp³-hybridized carbons (Fsp3) is 0.273. The highest BCUT2D eigenvalue weighted by Gasteiger charge is 2.15. The van der Waals surface area contributed by atoms with Gasteiger partial charge in [-0.15, -0.1) is 0 Å². The van der Waals surface area contributed by atoms with Crippen LogP contribution in [0, 0.1) is 0 Å². The lowest BCUT2D eigenvalue weighted by atomic mass is 10.2. The zero-order chi connectivity index (χ0) is 20.5. The third-order valence-corrected chi connectivity index (χ3v) is 4.57. The second-order valence-corrected chi connectivity index (χ2v) is 6.90. The highest BCUT2D eigenvalue weighted by molar-refractivity contribution is 7.80. The first kappa shape index (κ1) is 20.8. The van der Waals surface area contributed by atoms with E-state index in [9.17, 15) is 4.79 Å². The SMILES string of the molecule is COc1ccccc1/C=C/C(=O)NC(=S)Nc1ccc(OCC2CCCO2)cc1. The van der Waals surface area contributed by atoms with Crippen LogP contribution in [0.1, 0.15) is 18.4 Å². The van der Waals surface area contributed by atoms with Gasteiger partial charge in [0.15, 0.2) is 5.11 Å². The summed E-state index contributed by atoms with van der Waals surface area (Å²) in [5.41, 5.74) is 1.57. The highest BCUT2D eigenvalue weighted by atomic mass is 32.1. The average molecular weight is 413 g/mol. The van der Waals surface area contributed by atoms with E-state index in [0.717, 1.165) is 36.4 Å². The molecule has 6 nitrogen and oxygen atoms in total. The van der Waals surface area contributed by atoms with Crippen molar-refractivity contribution in [3.8, 4) is 11.5 Å². The molecule has 2 N–H and O–H groups in total. The van der Waals surface area contributed by atoms with Crippen molar-refractivity contribution in [2.45, 2.75) is 18.9 Å². The van der Waals surface area contributed by atoms with Gasteiger partial charge in [0.1, 0.15) is 18.1 Å².